The van der Waals surface area contributed by atoms with E-state index >= 15 is 0 Å². The topological polar surface area (TPSA) is 174 Å². The molecule has 4 aromatic rings. The minimum atomic E-state index is -0.832. The lowest BCUT2D eigenvalue weighted by molar-refractivity contribution is -0.114. The summed E-state index contributed by atoms with van der Waals surface area (Å²) in [6.07, 6.45) is 4.33. The summed E-state index contributed by atoms with van der Waals surface area (Å²) in [5.41, 5.74) is 6.15. The summed E-state index contributed by atoms with van der Waals surface area (Å²) >= 11 is 6.42. The number of nitrogens with zero attached hydrogens (tertiary/aromatic N) is 7. The number of nitrogens with two attached hydrogens (primary N) is 1. The Balaban J connectivity index is 1.72. The molecule has 0 aliphatic carbocycles. The Morgan fingerprint density at radius 3 is 2.61 bits per heavy atom. The fourth-order valence-corrected chi connectivity index (χ4v) is 3.30. The van der Waals surface area contributed by atoms with E-state index in [4.69, 9.17) is 22.1 Å². The van der Waals surface area contributed by atoms with Gasteiger partial charge >= 0.3 is 0 Å². The molecule has 0 radical (unpaired) electrons. The Bertz CT molecular complexity index is 1530. The molecule has 2 heterocycles. The molecule has 3 N–H and O–H groups in total. The molecule has 36 heavy (non-hydrogen) atoms. The Kier molecular flexibility index (Phi) is 6.94. The predicted molar refractivity (Wildman–Crippen MR) is 129 cm³/mol. The minimum Gasteiger partial charge on any atom is -0.453 e. The molecule has 0 saturated carbocycles. The van der Waals surface area contributed by atoms with Crippen LogP contribution < -0.4 is 15.8 Å². The van der Waals surface area contributed by atoms with Gasteiger partial charge in [-0.25, -0.2) is 9.97 Å². The highest BCUT2D eigenvalue weighted by molar-refractivity contribution is 6.33. The first kappa shape index (κ1) is 24.0. The van der Waals surface area contributed by atoms with Crippen molar-refractivity contribution in [1.82, 2.24) is 19.7 Å². The van der Waals surface area contributed by atoms with E-state index in [2.05, 4.69) is 30.6 Å². The van der Waals surface area contributed by atoms with Crippen molar-refractivity contribution in [3.05, 3.63) is 77.2 Å². The molecule has 0 spiro atoms. The second kappa shape index (κ2) is 10.4. The summed E-state index contributed by atoms with van der Waals surface area (Å²) in [6, 6.07) is 13.0. The van der Waals surface area contributed by atoms with Gasteiger partial charge in [-0.2, -0.15) is 15.0 Å². The van der Waals surface area contributed by atoms with Gasteiger partial charge in [0.05, 0.1) is 28.2 Å². The number of halogens is 1. The van der Waals surface area contributed by atoms with Crippen molar-refractivity contribution in [2.75, 3.05) is 5.32 Å². The van der Waals surface area contributed by atoms with Crippen LogP contribution in [0.5, 0.6) is 11.5 Å². The third-order valence-corrected chi connectivity index (χ3v) is 4.85. The first-order valence-electron chi connectivity index (χ1n) is 10.2. The average Bonchev–Trinajstić information content (AvgIpc) is 3.28. The Morgan fingerprint density at radius 1 is 1.17 bits per heavy atom. The molecule has 2 aromatic carbocycles. The van der Waals surface area contributed by atoms with Crippen molar-refractivity contribution >= 4 is 40.6 Å². The predicted octanol–water partition coefficient (Wildman–Crippen LogP) is 4.45. The Hall–Kier alpha value is -5.15. The number of anilines is 1. The summed E-state index contributed by atoms with van der Waals surface area (Å²) in [4.78, 5) is 31.9. The molecule has 2 amide bonds. The summed E-state index contributed by atoms with van der Waals surface area (Å²) in [7, 11) is 0. The molecular formula is C23H16ClN9O3. The lowest BCUT2D eigenvalue weighted by Crippen LogP contribution is -2.13. The average molecular weight is 502 g/mol. The van der Waals surface area contributed by atoms with Crippen molar-refractivity contribution in [2.45, 2.75) is 6.92 Å². The Morgan fingerprint density at radius 2 is 1.92 bits per heavy atom. The SMILES string of the molecule is CC(=O)Nc1ccccc1Oc1c(Cl)cc(N=Nc2c(C#N)cnn2-c2ncccn2)cc1C(N)=O. The van der Waals surface area contributed by atoms with E-state index in [-0.39, 0.29) is 51.0 Å². The van der Waals surface area contributed by atoms with Gasteiger partial charge in [0, 0.05) is 19.3 Å². The van der Waals surface area contributed by atoms with Crippen molar-refractivity contribution < 1.29 is 14.3 Å². The number of carbonyl (C=O) groups excluding carboxylic acids is 2. The lowest BCUT2D eigenvalue weighted by atomic mass is 10.1. The van der Waals surface area contributed by atoms with Crippen LogP contribution in [0.15, 0.2) is 71.3 Å². The number of primary amides is 1. The maximum absolute atomic E-state index is 12.2. The van der Waals surface area contributed by atoms with Crippen LogP contribution in [0.4, 0.5) is 17.2 Å². The second-order valence-electron chi connectivity index (χ2n) is 7.10. The van der Waals surface area contributed by atoms with Crippen LogP contribution in [-0.2, 0) is 4.79 Å². The van der Waals surface area contributed by atoms with Crippen LogP contribution in [0.2, 0.25) is 5.02 Å². The normalized spacial score (nSPS) is 10.7. The second-order valence-corrected chi connectivity index (χ2v) is 7.51. The quantitative estimate of drug-likeness (QED) is 0.351. The van der Waals surface area contributed by atoms with Crippen LogP contribution in [0, 0.1) is 11.3 Å². The van der Waals surface area contributed by atoms with E-state index in [0.29, 0.717) is 5.69 Å². The molecule has 0 bridgehead atoms. The van der Waals surface area contributed by atoms with Gasteiger partial charge in [0.2, 0.25) is 5.91 Å². The number of azo groups is 1. The molecule has 13 heteroatoms. The highest BCUT2D eigenvalue weighted by Gasteiger charge is 2.19. The van der Waals surface area contributed by atoms with E-state index in [1.54, 1.807) is 30.3 Å². The smallest absolute Gasteiger partial charge is 0.252 e. The van der Waals surface area contributed by atoms with Gasteiger partial charge in [-0.05, 0) is 30.3 Å². The van der Waals surface area contributed by atoms with Crippen LogP contribution >= 0.6 is 11.6 Å². The maximum Gasteiger partial charge on any atom is 0.252 e. The number of carbonyl (C=O) groups is 2. The minimum absolute atomic E-state index is 0.0123. The molecule has 12 nitrogen and oxygen atoms in total. The molecule has 0 atom stereocenters. The van der Waals surface area contributed by atoms with Gasteiger partial charge in [-0.3, -0.25) is 9.59 Å². The lowest BCUT2D eigenvalue weighted by Gasteiger charge is -2.15. The van der Waals surface area contributed by atoms with Crippen molar-refractivity contribution in [3.63, 3.8) is 0 Å². The number of nitriles is 1. The molecular weight excluding hydrogens is 486 g/mol. The van der Waals surface area contributed by atoms with Crippen molar-refractivity contribution in [2.24, 2.45) is 16.0 Å². The fraction of sp³-hybridized carbons (Fsp3) is 0.0435. The first-order valence-corrected chi connectivity index (χ1v) is 10.6. The third-order valence-electron chi connectivity index (χ3n) is 4.57. The number of hydrogen-bond acceptors (Lipinski definition) is 9. The summed E-state index contributed by atoms with van der Waals surface area (Å²) in [6.45, 7) is 1.35. The number of hydrogen-bond donors (Lipinski definition) is 2. The number of nitrogens with one attached hydrogen (secondary N) is 1. The zero-order chi connectivity index (χ0) is 25.7. The van der Waals surface area contributed by atoms with Gasteiger partial charge in [0.1, 0.15) is 11.6 Å². The van der Waals surface area contributed by atoms with Crippen molar-refractivity contribution in [3.8, 4) is 23.5 Å². The van der Waals surface area contributed by atoms with Crippen LogP contribution in [0.3, 0.4) is 0 Å². The number of rotatable bonds is 7. The van der Waals surface area contributed by atoms with Gasteiger partial charge in [-0.1, -0.05) is 23.7 Å². The summed E-state index contributed by atoms with van der Waals surface area (Å²) < 4.78 is 7.10. The van der Waals surface area contributed by atoms with E-state index in [1.807, 2.05) is 6.07 Å². The summed E-state index contributed by atoms with van der Waals surface area (Å²) in [5.74, 6) is -0.657. The van der Waals surface area contributed by atoms with E-state index in [0.717, 1.165) is 0 Å². The monoisotopic (exact) mass is 501 g/mol. The molecule has 4 rings (SSSR count). The molecule has 0 aliphatic heterocycles. The van der Waals surface area contributed by atoms with Crippen LogP contribution in [-0.4, -0.2) is 31.6 Å². The van der Waals surface area contributed by atoms with E-state index < -0.39 is 5.91 Å². The highest BCUT2D eigenvalue weighted by atomic mass is 35.5. The maximum atomic E-state index is 12.2. The van der Waals surface area contributed by atoms with Gasteiger partial charge in [-0.15, -0.1) is 10.2 Å². The molecule has 0 saturated heterocycles. The van der Waals surface area contributed by atoms with E-state index in [1.165, 1.54) is 42.3 Å². The van der Waals surface area contributed by atoms with Gasteiger partial charge in [0.25, 0.3) is 11.9 Å². The number of ether oxygens (including phenoxy) is 1. The largest absolute Gasteiger partial charge is 0.453 e. The fourth-order valence-electron chi connectivity index (χ4n) is 3.05. The number of aromatic nitrogens is 4. The van der Waals surface area contributed by atoms with Crippen molar-refractivity contribution in [1.29, 1.82) is 5.26 Å². The van der Waals surface area contributed by atoms with Gasteiger partial charge in [0.15, 0.2) is 17.3 Å². The Labute approximate surface area is 209 Å². The molecule has 0 fully saturated rings. The van der Waals surface area contributed by atoms with Crippen LogP contribution in [0.25, 0.3) is 5.95 Å². The van der Waals surface area contributed by atoms with Crippen LogP contribution in [0.1, 0.15) is 22.8 Å². The zero-order valence-electron chi connectivity index (χ0n) is 18.6. The molecule has 0 aliphatic rings. The molecule has 0 unspecified atom stereocenters. The molecule has 2 aromatic heterocycles. The van der Waals surface area contributed by atoms with E-state index in [9.17, 15) is 14.9 Å². The molecule has 178 valence electrons. The zero-order valence-corrected chi connectivity index (χ0v) is 19.3. The van der Waals surface area contributed by atoms with Gasteiger partial charge < -0.3 is 15.8 Å². The highest BCUT2D eigenvalue weighted by Crippen LogP contribution is 2.39. The number of benzene rings is 2. The number of amides is 2. The third kappa shape index (κ3) is 5.16. The number of para-hydroxylation sites is 2. The summed E-state index contributed by atoms with van der Waals surface area (Å²) in [5, 5.41) is 24.4. The first-order chi connectivity index (χ1) is 17.4. The standard InChI is InChI=1S/C23H16ClN9O3/c1-13(34)30-18-5-2-3-6-19(18)36-20-16(21(26)35)9-15(10-17(20)24)31-32-22-14(11-25)12-29-33(22)23-27-7-4-8-28-23/h2-10,12H,1H3,(H2,26,35)(H,30,34).